The van der Waals surface area contributed by atoms with E-state index >= 15 is 0 Å². The number of nitrogens with zero attached hydrogens (tertiary/aromatic N) is 7. The summed E-state index contributed by atoms with van der Waals surface area (Å²) in [7, 11) is 0. The zero-order valence-corrected chi connectivity index (χ0v) is 19.4. The molecule has 1 unspecified atom stereocenters. The van der Waals surface area contributed by atoms with Crippen LogP contribution in [0, 0.1) is 13.8 Å². The molecule has 0 aliphatic carbocycles. The van der Waals surface area contributed by atoms with Crippen molar-refractivity contribution in [2.24, 2.45) is 0 Å². The van der Waals surface area contributed by atoms with Crippen LogP contribution in [0.2, 0.25) is 0 Å². The Hall–Kier alpha value is -3.86. The first-order valence-electron chi connectivity index (χ1n) is 10.5. The fraction of sp³-hybridized carbons (Fsp3) is 0.273. The average molecular weight is 463 g/mol. The molecule has 0 aliphatic rings. The maximum absolute atomic E-state index is 13.3. The number of thiophene rings is 1. The van der Waals surface area contributed by atoms with Crippen LogP contribution in [-0.2, 0) is 6.42 Å². The second kappa shape index (κ2) is 8.24. The molecule has 0 saturated heterocycles. The van der Waals surface area contributed by atoms with E-state index in [0.717, 1.165) is 22.7 Å². The molecule has 1 atom stereocenters. The maximum Gasteiger partial charge on any atom is 0.253 e. The van der Waals surface area contributed by atoms with Gasteiger partial charge in [-0.05, 0) is 45.4 Å². The van der Waals surface area contributed by atoms with Gasteiger partial charge in [0.2, 0.25) is 5.89 Å². The van der Waals surface area contributed by atoms with Crippen molar-refractivity contribution in [3.05, 3.63) is 64.6 Å². The molecular weight excluding hydrogens is 440 g/mol. The zero-order chi connectivity index (χ0) is 23.1. The van der Waals surface area contributed by atoms with Gasteiger partial charge in [-0.25, -0.2) is 9.67 Å². The smallest absolute Gasteiger partial charge is 0.253 e. The molecule has 33 heavy (non-hydrogen) atoms. The topological polar surface area (TPSA) is 116 Å². The third kappa shape index (κ3) is 3.80. The fourth-order valence-corrected chi connectivity index (χ4v) is 4.51. The summed E-state index contributed by atoms with van der Waals surface area (Å²) in [6.07, 6.45) is 6.06. The van der Waals surface area contributed by atoms with Crippen molar-refractivity contribution in [3.63, 3.8) is 0 Å². The molecule has 168 valence electrons. The van der Waals surface area contributed by atoms with Gasteiger partial charge in [-0.1, -0.05) is 17.3 Å². The number of amides is 1. The molecule has 0 fully saturated rings. The second-order valence-electron chi connectivity index (χ2n) is 7.73. The first-order valence-corrected chi connectivity index (χ1v) is 11.3. The predicted molar refractivity (Wildman–Crippen MR) is 122 cm³/mol. The molecule has 0 saturated carbocycles. The SMILES string of the molecule is CCc1cnnn1-c1cc(C(=O)NC(C)c2nc(C)no2)cn2c(-c3ccc(C)s3)cnc12. The first kappa shape index (κ1) is 21.0. The highest BCUT2D eigenvalue weighted by atomic mass is 32.1. The van der Waals surface area contributed by atoms with E-state index in [9.17, 15) is 4.79 Å². The number of hydrogen-bond acceptors (Lipinski definition) is 8. The molecule has 5 rings (SSSR count). The van der Waals surface area contributed by atoms with Crippen molar-refractivity contribution in [2.45, 2.75) is 40.2 Å². The molecule has 5 aromatic heterocycles. The summed E-state index contributed by atoms with van der Waals surface area (Å²) in [4.78, 5) is 24.4. The molecule has 5 aromatic rings. The lowest BCUT2D eigenvalue weighted by Crippen LogP contribution is -2.27. The number of aryl methyl sites for hydroxylation is 3. The lowest BCUT2D eigenvalue weighted by molar-refractivity contribution is 0.0932. The molecule has 0 aliphatic heterocycles. The van der Waals surface area contributed by atoms with Crippen molar-refractivity contribution in [1.82, 2.24) is 39.8 Å². The van der Waals surface area contributed by atoms with Crippen molar-refractivity contribution in [3.8, 4) is 16.3 Å². The number of carbonyl (C=O) groups excluding carboxylic acids is 1. The highest BCUT2D eigenvalue weighted by Crippen LogP contribution is 2.30. The molecule has 11 heteroatoms. The summed E-state index contributed by atoms with van der Waals surface area (Å²) in [5.74, 6) is 0.591. The third-order valence-corrected chi connectivity index (χ3v) is 6.34. The average Bonchev–Trinajstić information content (AvgIpc) is 3.59. The zero-order valence-electron chi connectivity index (χ0n) is 18.6. The summed E-state index contributed by atoms with van der Waals surface area (Å²) < 4.78 is 8.86. The van der Waals surface area contributed by atoms with Gasteiger partial charge in [-0.2, -0.15) is 4.98 Å². The van der Waals surface area contributed by atoms with Crippen LogP contribution in [0.1, 0.15) is 52.5 Å². The summed E-state index contributed by atoms with van der Waals surface area (Å²) in [5, 5.41) is 15.0. The van der Waals surface area contributed by atoms with Crippen LogP contribution >= 0.6 is 11.3 Å². The number of imidazole rings is 1. The van der Waals surface area contributed by atoms with Crippen molar-refractivity contribution in [2.75, 3.05) is 0 Å². The number of rotatable bonds is 6. The van der Waals surface area contributed by atoms with Crippen LogP contribution in [0.15, 0.2) is 41.3 Å². The lowest BCUT2D eigenvalue weighted by atomic mass is 10.2. The highest BCUT2D eigenvalue weighted by Gasteiger charge is 2.21. The van der Waals surface area contributed by atoms with Crippen molar-refractivity contribution < 1.29 is 9.32 Å². The number of carbonyl (C=O) groups is 1. The van der Waals surface area contributed by atoms with Crippen LogP contribution in [0.3, 0.4) is 0 Å². The number of pyridine rings is 1. The molecule has 0 bridgehead atoms. The largest absolute Gasteiger partial charge is 0.340 e. The Balaban J connectivity index is 1.63. The second-order valence-corrected chi connectivity index (χ2v) is 9.01. The van der Waals surface area contributed by atoms with Gasteiger partial charge in [0.05, 0.1) is 34.2 Å². The van der Waals surface area contributed by atoms with E-state index < -0.39 is 6.04 Å². The molecule has 1 N–H and O–H groups in total. The quantitative estimate of drug-likeness (QED) is 0.409. The monoisotopic (exact) mass is 462 g/mol. The van der Waals surface area contributed by atoms with Crippen LogP contribution in [-0.4, -0.2) is 40.4 Å². The van der Waals surface area contributed by atoms with Crippen LogP contribution < -0.4 is 5.32 Å². The minimum absolute atomic E-state index is 0.276. The number of fused-ring (bicyclic) bond motifs is 1. The van der Waals surface area contributed by atoms with E-state index in [4.69, 9.17) is 4.52 Å². The first-order chi connectivity index (χ1) is 15.9. The van der Waals surface area contributed by atoms with E-state index in [1.54, 1.807) is 48.3 Å². The minimum Gasteiger partial charge on any atom is -0.340 e. The molecule has 0 aromatic carbocycles. The van der Waals surface area contributed by atoms with Crippen molar-refractivity contribution in [1.29, 1.82) is 0 Å². The minimum atomic E-state index is -0.447. The highest BCUT2D eigenvalue weighted by molar-refractivity contribution is 7.15. The molecule has 0 spiro atoms. The van der Waals surface area contributed by atoms with Gasteiger partial charge >= 0.3 is 0 Å². The molecule has 10 nitrogen and oxygen atoms in total. The fourth-order valence-electron chi connectivity index (χ4n) is 3.63. The Morgan fingerprint density at radius 1 is 1.27 bits per heavy atom. The number of hydrogen-bond donors (Lipinski definition) is 1. The van der Waals surface area contributed by atoms with Gasteiger partial charge in [0, 0.05) is 11.1 Å². The predicted octanol–water partition coefficient (Wildman–Crippen LogP) is 3.70. The Kier molecular flexibility index (Phi) is 5.25. The Bertz CT molecular complexity index is 1460. The lowest BCUT2D eigenvalue weighted by Gasteiger charge is -2.13. The van der Waals surface area contributed by atoms with Gasteiger partial charge in [0.15, 0.2) is 11.5 Å². The van der Waals surface area contributed by atoms with Crippen LogP contribution in [0.4, 0.5) is 0 Å². The van der Waals surface area contributed by atoms with Gasteiger partial charge < -0.3 is 9.84 Å². The molecule has 5 heterocycles. The molecular formula is C22H22N8O2S. The Morgan fingerprint density at radius 2 is 2.12 bits per heavy atom. The summed E-state index contributed by atoms with van der Waals surface area (Å²) >= 11 is 1.67. The van der Waals surface area contributed by atoms with Gasteiger partial charge in [-0.15, -0.1) is 16.4 Å². The van der Waals surface area contributed by atoms with Gasteiger partial charge in [0.1, 0.15) is 11.7 Å². The maximum atomic E-state index is 13.3. The molecule has 0 radical (unpaired) electrons. The molecule has 1 amide bonds. The van der Waals surface area contributed by atoms with Gasteiger partial charge in [0.25, 0.3) is 5.91 Å². The van der Waals surface area contributed by atoms with Crippen LogP contribution in [0.25, 0.3) is 21.9 Å². The number of aromatic nitrogens is 7. The van der Waals surface area contributed by atoms with E-state index in [2.05, 4.69) is 49.8 Å². The Morgan fingerprint density at radius 3 is 2.82 bits per heavy atom. The number of nitrogens with one attached hydrogen (secondary N) is 1. The summed E-state index contributed by atoms with van der Waals surface area (Å²) in [6, 6.07) is 5.46. The standard InChI is InChI=1S/C22H22N8O2S/c1-5-16-9-24-28-30(16)17-8-15(21(31)25-13(3)22-26-14(4)27-32-22)11-29-18(10-23-20(17)29)19-7-6-12(2)33-19/h6-11,13H,5H2,1-4H3,(H,25,31). The van der Waals surface area contributed by atoms with E-state index in [-0.39, 0.29) is 5.91 Å². The van der Waals surface area contributed by atoms with E-state index in [1.165, 1.54) is 4.88 Å². The third-order valence-electron chi connectivity index (χ3n) is 5.31. The van der Waals surface area contributed by atoms with Crippen LogP contribution in [0.5, 0.6) is 0 Å². The van der Waals surface area contributed by atoms with E-state index in [0.29, 0.717) is 28.6 Å². The summed E-state index contributed by atoms with van der Waals surface area (Å²) in [6.45, 7) is 7.62. The summed E-state index contributed by atoms with van der Waals surface area (Å²) in [5.41, 5.74) is 3.63. The van der Waals surface area contributed by atoms with E-state index in [1.807, 2.05) is 17.5 Å². The van der Waals surface area contributed by atoms with Crippen molar-refractivity contribution >= 4 is 22.9 Å². The normalized spacial score (nSPS) is 12.4. The Labute approximate surface area is 193 Å². The van der Waals surface area contributed by atoms with Gasteiger partial charge in [-0.3, -0.25) is 9.20 Å².